The third-order valence-electron chi connectivity index (χ3n) is 5.27. The number of amides is 1. The highest BCUT2D eigenvalue weighted by molar-refractivity contribution is 14.0. The van der Waals surface area contributed by atoms with Crippen LogP contribution in [0.1, 0.15) is 40.0 Å². The molecule has 2 aliphatic heterocycles. The van der Waals surface area contributed by atoms with Gasteiger partial charge in [-0.1, -0.05) is 0 Å². The molecular formula is C18H33IN4O3. The predicted molar refractivity (Wildman–Crippen MR) is 112 cm³/mol. The molecule has 2 heterocycles. The summed E-state index contributed by atoms with van der Waals surface area (Å²) in [6, 6.07) is 0.262. The summed E-state index contributed by atoms with van der Waals surface area (Å²) in [5.74, 6) is 0.998. The quantitative estimate of drug-likeness (QED) is 0.612. The first-order chi connectivity index (χ1) is 11.8. The Morgan fingerprint density at radius 3 is 2.69 bits per heavy atom. The van der Waals surface area contributed by atoms with Gasteiger partial charge in [0, 0.05) is 39.9 Å². The normalized spacial score (nSPS) is 23.7. The number of ether oxygens (including phenoxy) is 2. The Hall–Kier alpha value is -0.770. The molecule has 0 aromatic heterocycles. The van der Waals surface area contributed by atoms with Crippen LogP contribution in [0.2, 0.25) is 0 Å². The first-order valence-electron chi connectivity index (χ1n) is 9.34. The zero-order valence-electron chi connectivity index (χ0n) is 16.4. The Balaban J connectivity index is 0.00000243. The van der Waals surface area contributed by atoms with Crippen molar-refractivity contribution in [2.24, 2.45) is 10.4 Å². The van der Waals surface area contributed by atoms with Crippen molar-refractivity contribution >= 4 is 36.0 Å². The molecule has 1 saturated heterocycles. The van der Waals surface area contributed by atoms with Crippen molar-refractivity contribution < 1.29 is 14.3 Å². The minimum atomic E-state index is -0.451. The van der Waals surface area contributed by atoms with Crippen molar-refractivity contribution in [3.8, 4) is 0 Å². The Morgan fingerprint density at radius 2 is 2.08 bits per heavy atom. The lowest BCUT2D eigenvalue weighted by molar-refractivity contribution is 0.0137. The third-order valence-corrected chi connectivity index (χ3v) is 5.27. The van der Waals surface area contributed by atoms with Crippen LogP contribution in [-0.2, 0) is 9.47 Å². The van der Waals surface area contributed by atoms with Crippen molar-refractivity contribution in [3.63, 3.8) is 0 Å². The molecule has 1 aliphatic carbocycles. The minimum Gasteiger partial charge on any atom is -0.444 e. The SMILES string of the molecule is COCCC1(CNC2=NCC3CN(C(=O)OC(C)(C)C)CCN23)CC1.I. The smallest absolute Gasteiger partial charge is 0.410 e. The summed E-state index contributed by atoms with van der Waals surface area (Å²) in [6.45, 7) is 10.4. The van der Waals surface area contributed by atoms with Crippen molar-refractivity contribution in [2.45, 2.75) is 51.7 Å². The predicted octanol–water partition coefficient (Wildman–Crippen LogP) is 2.30. The van der Waals surface area contributed by atoms with E-state index < -0.39 is 5.60 Å². The van der Waals surface area contributed by atoms with Gasteiger partial charge in [-0.3, -0.25) is 4.99 Å². The molecule has 8 heteroatoms. The summed E-state index contributed by atoms with van der Waals surface area (Å²) in [5.41, 5.74) is -0.0527. The number of methoxy groups -OCH3 is 1. The molecule has 1 N–H and O–H groups in total. The number of rotatable bonds is 5. The molecule has 2 fully saturated rings. The van der Waals surface area contributed by atoms with Gasteiger partial charge < -0.3 is 24.6 Å². The largest absolute Gasteiger partial charge is 0.444 e. The van der Waals surface area contributed by atoms with Gasteiger partial charge in [-0.15, -0.1) is 24.0 Å². The van der Waals surface area contributed by atoms with Crippen LogP contribution in [-0.4, -0.2) is 79.9 Å². The zero-order valence-corrected chi connectivity index (χ0v) is 18.7. The summed E-state index contributed by atoms with van der Waals surface area (Å²) in [4.78, 5) is 21.1. The number of piperazine rings is 1. The molecule has 3 rings (SSSR count). The number of nitrogens with one attached hydrogen (secondary N) is 1. The molecule has 26 heavy (non-hydrogen) atoms. The van der Waals surface area contributed by atoms with Gasteiger partial charge in [-0.2, -0.15) is 0 Å². The Labute approximate surface area is 173 Å². The second-order valence-corrected chi connectivity index (χ2v) is 8.53. The van der Waals surface area contributed by atoms with Crippen molar-refractivity contribution in [3.05, 3.63) is 0 Å². The molecule has 3 aliphatic rings. The number of fused-ring (bicyclic) bond motifs is 1. The topological polar surface area (TPSA) is 66.4 Å². The highest BCUT2D eigenvalue weighted by atomic mass is 127. The molecular weight excluding hydrogens is 447 g/mol. The number of aliphatic imine (C=N–C) groups is 1. The van der Waals surface area contributed by atoms with Crippen molar-refractivity contribution in [2.75, 3.05) is 46.4 Å². The lowest BCUT2D eigenvalue weighted by Gasteiger charge is -2.39. The van der Waals surface area contributed by atoms with Gasteiger partial charge in [-0.25, -0.2) is 4.79 Å². The first kappa shape index (κ1) is 21.5. The van der Waals surface area contributed by atoms with Gasteiger partial charge >= 0.3 is 6.09 Å². The van der Waals surface area contributed by atoms with Crippen LogP contribution in [0.3, 0.4) is 0 Å². The fraction of sp³-hybridized carbons (Fsp3) is 0.889. The molecule has 1 atom stereocenters. The number of guanidine groups is 1. The summed E-state index contributed by atoms with van der Waals surface area (Å²) in [7, 11) is 1.76. The van der Waals surface area contributed by atoms with E-state index in [1.807, 2.05) is 25.7 Å². The molecule has 0 aromatic carbocycles. The van der Waals surface area contributed by atoms with Crippen LogP contribution in [0.5, 0.6) is 0 Å². The Kier molecular flexibility index (Phi) is 7.04. The number of halogens is 1. The number of nitrogens with zero attached hydrogens (tertiary/aromatic N) is 3. The summed E-state index contributed by atoms with van der Waals surface area (Å²) >= 11 is 0. The highest BCUT2D eigenvalue weighted by Gasteiger charge is 2.43. The monoisotopic (exact) mass is 480 g/mol. The van der Waals surface area contributed by atoms with Crippen LogP contribution in [0, 0.1) is 5.41 Å². The van der Waals surface area contributed by atoms with Crippen LogP contribution in [0.25, 0.3) is 0 Å². The summed E-state index contributed by atoms with van der Waals surface area (Å²) < 4.78 is 10.7. The zero-order chi connectivity index (χ0) is 18.1. The molecule has 1 amide bonds. The molecule has 0 radical (unpaired) electrons. The summed E-state index contributed by atoms with van der Waals surface area (Å²) in [6.07, 6.45) is 3.43. The molecule has 7 nitrogen and oxygen atoms in total. The van der Waals surface area contributed by atoms with E-state index in [-0.39, 0.29) is 36.1 Å². The minimum absolute atomic E-state index is 0. The third kappa shape index (κ3) is 5.37. The van der Waals surface area contributed by atoms with Gasteiger partial charge in [0.2, 0.25) is 0 Å². The number of carbonyl (C=O) groups is 1. The van der Waals surface area contributed by atoms with Gasteiger partial charge in [0.15, 0.2) is 5.96 Å². The van der Waals surface area contributed by atoms with E-state index >= 15 is 0 Å². The van der Waals surface area contributed by atoms with Gasteiger partial charge in [-0.05, 0) is 45.4 Å². The van der Waals surface area contributed by atoms with Crippen LogP contribution >= 0.6 is 24.0 Å². The van der Waals surface area contributed by atoms with Crippen LogP contribution < -0.4 is 5.32 Å². The molecule has 1 unspecified atom stereocenters. The second-order valence-electron chi connectivity index (χ2n) is 8.53. The van der Waals surface area contributed by atoms with Crippen molar-refractivity contribution in [1.82, 2.24) is 15.1 Å². The number of carbonyl (C=O) groups excluding carboxylic acids is 1. The lowest BCUT2D eigenvalue weighted by atomic mass is 10.0. The standard InChI is InChI=1S/C18H32N4O3.HI/c1-17(2,3)25-16(23)21-8-9-22-14(12-21)11-19-15(22)20-13-18(5-6-18)7-10-24-4;/h14H,5-13H2,1-4H3,(H,19,20);1H. The Morgan fingerprint density at radius 1 is 1.35 bits per heavy atom. The van der Waals surface area contributed by atoms with E-state index in [1.165, 1.54) is 12.8 Å². The van der Waals surface area contributed by atoms with E-state index in [9.17, 15) is 4.79 Å². The van der Waals surface area contributed by atoms with Crippen LogP contribution in [0.15, 0.2) is 4.99 Å². The second kappa shape index (κ2) is 8.50. The summed E-state index contributed by atoms with van der Waals surface area (Å²) in [5, 5.41) is 3.56. The number of hydrogen-bond donors (Lipinski definition) is 1. The van der Waals surface area contributed by atoms with Gasteiger partial charge in [0.1, 0.15) is 5.60 Å². The van der Waals surface area contributed by atoms with E-state index in [1.54, 1.807) is 7.11 Å². The first-order valence-corrected chi connectivity index (χ1v) is 9.34. The van der Waals surface area contributed by atoms with Gasteiger partial charge in [0.05, 0.1) is 12.6 Å². The maximum absolute atomic E-state index is 12.3. The maximum Gasteiger partial charge on any atom is 0.410 e. The highest BCUT2D eigenvalue weighted by Crippen LogP contribution is 2.48. The lowest BCUT2D eigenvalue weighted by Crippen LogP contribution is -2.57. The van der Waals surface area contributed by atoms with Crippen molar-refractivity contribution in [1.29, 1.82) is 0 Å². The van der Waals surface area contributed by atoms with Gasteiger partial charge in [0.25, 0.3) is 0 Å². The average Bonchev–Trinajstić information content (AvgIpc) is 3.21. The van der Waals surface area contributed by atoms with E-state index in [0.717, 1.165) is 38.6 Å². The van der Waals surface area contributed by atoms with E-state index in [2.05, 4.69) is 15.2 Å². The van der Waals surface area contributed by atoms with E-state index in [0.29, 0.717) is 18.5 Å². The fourth-order valence-electron chi connectivity index (χ4n) is 3.50. The van der Waals surface area contributed by atoms with E-state index in [4.69, 9.17) is 9.47 Å². The van der Waals surface area contributed by atoms with Crippen LogP contribution in [0.4, 0.5) is 4.79 Å². The average molecular weight is 480 g/mol. The number of hydrogen-bond acceptors (Lipinski definition) is 6. The molecule has 0 aromatic rings. The molecule has 1 saturated carbocycles. The maximum atomic E-state index is 12.3. The molecule has 0 spiro atoms. The fourth-order valence-corrected chi connectivity index (χ4v) is 3.50. The Bertz CT molecular complexity index is 531. The molecule has 0 bridgehead atoms. The molecule has 150 valence electrons.